The summed E-state index contributed by atoms with van der Waals surface area (Å²) < 4.78 is 17.4. The number of cyclic esters (lactones) is 1. The third-order valence-corrected chi connectivity index (χ3v) is 9.98. The number of nitrogens with one attached hydrogen (secondary N) is 1. The number of esters is 2. The molecule has 12 nitrogen and oxygen atoms in total. The van der Waals surface area contributed by atoms with E-state index in [9.17, 15) is 34.8 Å². The van der Waals surface area contributed by atoms with Crippen molar-refractivity contribution in [2.75, 3.05) is 19.6 Å². The van der Waals surface area contributed by atoms with Gasteiger partial charge in [-0.25, -0.2) is 4.79 Å². The van der Waals surface area contributed by atoms with Crippen molar-refractivity contribution < 1.29 is 49.0 Å². The van der Waals surface area contributed by atoms with Gasteiger partial charge in [0.05, 0.1) is 42.5 Å². The molecule has 1 amide bonds. The zero-order valence-corrected chi connectivity index (χ0v) is 28.9. The molecule has 0 aromatic carbocycles. The van der Waals surface area contributed by atoms with E-state index in [1.54, 1.807) is 31.2 Å². The Kier molecular flexibility index (Phi) is 13.6. The van der Waals surface area contributed by atoms with E-state index in [1.165, 1.54) is 11.8 Å². The number of hydrogen-bond acceptors (Lipinski definition) is 10. The summed E-state index contributed by atoms with van der Waals surface area (Å²) in [5.41, 5.74) is -1.41. The van der Waals surface area contributed by atoms with Gasteiger partial charge in [-0.2, -0.15) is 0 Å². The maximum atomic E-state index is 13.0. The summed E-state index contributed by atoms with van der Waals surface area (Å²) in [5, 5.41) is 45.3. The van der Waals surface area contributed by atoms with Crippen LogP contribution in [0, 0.1) is 17.3 Å². The molecule has 2 saturated heterocycles. The molecule has 0 aliphatic carbocycles. The van der Waals surface area contributed by atoms with Crippen LogP contribution in [0.5, 0.6) is 0 Å². The lowest BCUT2D eigenvalue weighted by molar-refractivity contribution is -0.153. The first-order chi connectivity index (χ1) is 22.0. The van der Waals surface area contributed by atoms with Gasteiger partial charge < -0.3 is 44.9 Å². The zero-order valence-electron chi connectivity index (χ0n) is 28.9. The smallest absolute Gasteiger partial charge is 0.407 e. The lowest BCUT2D eigenvalue weighted by Gasteiger charge is -2.48. The topological polar surface area (TPSA) is 178 Å². The first kappa shape index (κ1) is 38.7. The van der Waals surface area contributed by atoms with Crippen LogP contribution in [0.4, 0.5) is 4.79 Å². The Hall–Kier alpha value is -2.77. The number of hydrogen-bond donors (Lipinski definition) is 5. The maximum Gasteiger partial charge on any atom is 0.407 e. The zero-order chi connectivity index (χ0) is 35.1. The lowest BCUT2D eigenvalue weighted by Crippen LogP contribution is -2.62. The molecule has 0 spiro atoms. The second-order valence-electron chi connectivity index (χ2n) is 14.1. The van der Waals surface area contributed by atoms with Gasteiger partial charge in [0.1, 0.15) is 12.2 Å². The monoisotopic (exact) mass is 664 g/mol. The minimum absolute atomic E-state index is 0.0236. The fourth-order valence-corrected chi connectivity index (χ4v) is 6.90. The molecule has 1 unspecified atom stereocenters. The van der Waals surface area contributed by atoms with Crippen molar-refractivity contribution in [3.63, 3.8) is 0 Å². The van der Waals surface area contributed by atoms with Gasteiger partial charge in [0.25, 0.3) is 0 Å². The van der Waals surface area contributed by atoms with Crippen LogP contribution in [-0.4, -0.2) is 111 Å². The Morgan fingerprint density at radius 3 is 2.64 bits per heavy atom. The minimum atomic E-state index is -1.18. The summed E-state index contributed by atoms with van der Waals surface area (Å²) in [6.07, 6.45) is 5.50. The van der Waals surface area contributed by atoms with Gasteiger partial charge in [0.2, 0.25) is 0 Å². The number of carbonyl (C=O) groups excluding carboxylic acids is 2. The van der Waals surface area contributed by atoms with Crippen LogP contribution in [0.15, 0.2) is 36.0 Å². The van der Waals surface area contributed by atoms with Crippen molar-refractivity contribution in [3.8, 4) is 0 Å². The molecule has 0 aromatic heterocycles. The number of carboxylic acid groups (broad SMARTS) is 1. The highest BCUT2D eigenvalue weighted by Crippen LogP contribution is 2.40. The molecule has 3 aliphatic heterocycles. The normalized spacial score (nSPS) is 35.9. The SMILES string of the molecule is CC[C@H](O)[C@@H](C)[C@H]1O[C@@H]1C[C@@](C)(O)/C=C/C=C(\C)[C@H]1OC(=O)C[C@H](O)CC[C@](C)(C2CNCCN2C(=O)O)[C@H](OC(C)=O)/C=C/[C@@H]1C. The van der Waals surface area contributed by atoms with Crippen molar-refractivity contribution in [1.82, 2.24) is 10.2 Å². The standard InChI is InChI=1S/C35H56N2O10/c1-8-26(40)23(4)32-27(46-32)19-34(6,44)14-9-10-21(2)31-22(3)11-12-29(45-24(5)38)35(7,15-13-25(39)18-30(41)47-31)28-20-36-16-17-37(28)33(42)43/h9-12,14,22-23,25-29,31-32,36,39-40,44H,8,13,15-20H2,1-7H3,(H,42,43)/b12-11+,14-9+,21-10+/t22-,23+,25+,26-,27+,28?,29+,31+,32+,34-,35+/m0/s1. The molecule has 12 heteroatoms. The Morgan fingerprint density at radius 1 is 1.30 bits per heavy atom. The molecule has 0 saturated carbocycles. The van der Waals surface area contributed by atoms with Crippen molar-refractivity contribution in [2.45, 2.75) is 129 Å². The van der Waals surface area contributed by atoms with Gasteiger partial charge in [-0.1, -0.05) is 52.0 Å². The molecule has 0 aromatic rings. The first-order valence-corrected chi connectivity index (χ1v) is 16.8. The molecule has 3 heterocycles. The van der Waals surface area contributed by atoms with Gasteiger partial charge in [0.15, 0.2) is 0 Å². The number of piperazine rings is 1. The molecule has 3 rings (SSSR count). The summed E-state index contributed by atoms with van der Waals surface area (Å²) in [7, 11) is 0. The van der Waals surface area contributed by atoms with Gasteiger partial charge in [-0.15, -0.1) is 0 Å². The second kappa shape index (κ2) is 16.6. The Balaban J connectivity index is 1.86. The molecule has 2 fully saturated rings. The van der Waals surface area contributed by atoms with E-state index in [0.29, 0.717) is 31.5 Å². The van der Waals surface area contributed by atoms with E-state index in [-0.39, 0.29) is 43.9 Å². The lowest BCUT2D eigenvalue weighted by atomic mass is 9.71. The highest BCUT2D eigenvalue weighted by molar-refractivity contribution is 5.70. The fourth-order valence-electron chi connectivity index (χ4n) is 6.90. The van der Waals surface area contributed by atoms with Crippen LogP contribution in [0.3, 0.4) is 0 Å². The number of epoxide rings is 1. The third-order valence-electron chi connectivity index (χ3n) is 9.98. The quantitative estimate of drug-likeness (QED) is 0.100. The highest BCUT2D eigenvalue weighted by Gasteiger charge is 2.49. The number of rotatable bonds is 10. The number of ether oxygens (including phenoxy) is 3. The van der Waals surface area contributed by atoms with Crippen LogP contribution in [0.2, 0.25) is 0 Å². The molecule has 0 bridgehead atoms. The van der Waals surface area contributed by atoms with Crippen molar-refractivity contribution in [3.05, 3.63) is 36.0 Å². The van der Waals surface area contributed by atoms with E-state index in [4.69, 9.17) is 14.2 Å². The second-order valence-corrected chi connectivity index (χ2v) is 14.1. The molecular formula is C35H56N2O10. The summed E-state index contributed by atoms with van der Waals surface area (Å²) >= 11 is 0. The summed E-state index contributed by atoms with van der Waals surface area (Å²) in [6.45, 7) is 13.5. The molecule has 5 N–H and O–H groups in total. The van der Waals surface area contributed by atoms with Crippen LogP contribution < -0.4 is 5.32 Å². The highest BCUT2D eigenvalue weighted by atomic mass is 16.6. The molecule has 11 atom stereocenters. The first-order valence-electron chi connectivity index (χ1n) is 16.8. The summed E-state index contributed by atoms with van der Waals surface area (Å²) in [5.74, 6) is -1.51. The van der Waals surface area contributed by atoms with Gasteiger partial charge in [-0.05, 0) is 44.8 Å². The average Bonchev–Trinajstić information content (AvgIpc) is 3.76. The number of carbonyl (C=O) groups is 3. The van der Waals surface area contributed by atoms with Crippen LogP contribution in [0.1, 0.15) is 80.6 Å². The maximum absolute atomic E-state index is 13.0. The number of amides is 1. The Morgan fingerprint density at radius 2 is 2.00 bits per heavy atom. The van der Waals surface area contributed by atoms with E-state index in [2.05, 4.69) is 5.32 Å². The van der Waals surface area contributed by atoms with Crippen molar-refractivity contribution >= 4 is 18.0 Å². The predicted octanol–water partition coefficient (Wildman–Crippen LogP) is 3.34. The Labute approximate surface area is 278 Å². The van der Waals surface area contributed by atoms with Crippen molar-refractivity contribution in [1.29, 1.82) is 0 Å². The Bertz CT molecular complexity index is 1180. The van der Waals surface area contributed by atoms with Gasteiger partial charge >= 0.3 is 18.0 Å². The molecule has 3 aliphatic rings. The third kappa shape index (κ3) is 10.6. The molecular weight excluding hydrogens is 608 g/mol. The van der Waals surface area contributed by atoms with Crippen LogP contribution in [0.25, 0.3) is 0 Å². The van der Waals surface area contributed by atoms with Crippen LogP contribution in [-0.2, 0) is 23.8 Å². The van der Waals surface area contributed by atoms with E-state index in [0.717, 1.165) is 0 Å². The number of aliphatic hydroxyl groups excluding tert-OH is 2. The fraction of sp³-hybridized carbons (Fsp3) is 0.743. The van der Waals surface area contributed by atoms with Crippen LogP contribution >= 0.6 is 0 Å². The van der Waals surface area contributed by atoms with Gasteiger partial charge in [0, 0.05) is 50.2 Å². The number of nitrogens with zero attached hydrogens (tertiary/aromatic N) is 1. The number of allylic oxidation sites excluding steroid dienone is 2. The summed E-state index contributed by atoms with van der Waals surface area (Å²) in [4.78, 5) is 38.9. The average molecular weight is 665 g/mol. The van der Waals surface area contributed by atoms with Gasteiger partial charge in [-0.3, -0.25) is 9.59 Å². The molecule has 266 valence electrons. The van der Waals surface area contributed by atoms with Crippen molar-refractivity contribution in [2.24, 2.45) is 17.3 Å². The molecule has 47 heavy (non-hydrogen) atoms. The largest absolute Gasteiger partial charge is 0.465 e. The van der Waals surface area contributed by atoms with E-state index in [1.807, 2.05) is 40.7 Å². The molecule has 0 radical (unpaired) electrons. The van der Waals surface area contributed by atoms with E-state index < -0.39 is 65.4 Å². The number of aliphatic hydroxyl groups is 3. The minimum Gasteiger partial charge on any atom is -0.465 e. The predicted molar refractivity (Wildman–Crippen MR) is 175 cm³/mol. The van der Waals surface area contributed by atoms with E-state index >= 15 is 0 Å². The summed E-state index contributed by atoms with van der Waals surface area (Å²) in [6, 6.07) is -0.563.